The van der Waals surface area contributed by atoms with Crippen LogP contribution in [0.5, 0.6) is 0 Å². The molecule has 0 bridgehead atoms. The molecule has 6 nitrogen and oxygen atoms in total. The number of amides is 1. The number of nitrogens with zero attached hydrogens (tertiary/aromatic N) is 3. The summed E-state index contributed by atoms with van der Waals surface area (Å²) in [4.78, 5) is 12.5. The quantitative estimate of drug-likeness (QED) is 0.687. The summed E-state index contributed by atoms with van der Waals surface area (Å²) in [7, 11) is 0. The van der Waals surface area contributed by atoms with Crippen molar-refractivity contribution in [2.75, 3.05) is 5.32 Å². The van der Waals surface area contributed by atoms with E-state index >= 15 is 0 Å². The highest BCUT2D eigenvalue weighted by atomic mass is 35.5. The maximum atomic E-state index is 13.1. The van der Waals surface area contributed by atoms with Crippen LogP contribution in [0, 0.1) is 0 Å². The number of carbonyl (C=O) groups excluding carboxylic acids is 1. The van der Waals surface area contributed by atoms with Gasteiger partial charge in [-0.1, -0.05) is 17.7 Å². The van der Waals surface area contributed by atoms with Crippen LogP contribution in [0.4, 0.5) is 14.6 Å². The number of rotatable bonds is 5. The van der Waals surface area contributed by atoms with E-state index in [4.69, 9.17) is 11.6 Å². The van der Waals surface area contributed by atoms with Crippen LogP contribution in [-0.2, 0) is 4.79 Å². The van der Waals surface area contributed by atoms with E-state index in [1.54, 1.807) is 36.1 Å². The molecule has 4 rings (SSSR count). The molecule has 2 N–H and O–H groups in total. The third-order valence-corrected chi connectivity index (χ3v) is 4.85. The fourth-order valence-electron chi connectivity index (χ4n) is 2.84. The molecule has 1 fully saturated rings. The largest absolute Gasteiger partial charge is 0.309 e. The molecule has 1 aliphatic rings. The van der Waals surface area contributed by atoms with Gasteiger partial charge in [-0.25, -0.2) is 13.5 Å². The lowest BCUT2D eigenvalue weighted by molar-refractivity contribution is -0.117. The number of alkyl halides is 2. The fraction of sp³-hybridized carbons (Fsp3) is 0.278. The molecule has 27 heavy (non-hydrogen) atoms. The zero-order valence-electron chi connectivity index (χ0n) is 14.3. The predicted octanol–water partition coefficient (Wildman–Crippen LogP) is 4.11. The van der Waals surface area contributed by atoms with E-state index in [-0.39, 0.29) is 18.1 Å². The molecule has 0 aliphatic heterocycles. The minimum Gasteiger partial charge on any atom is -0.309 e. The summed E-state index contributed by atoms with van der Waals surface area (Å²) in [5, 5.41) is 14.0. The summed E-state index contributed by atoms with van der Waals surface area (Å²) in [5.74, 6) is -4.10. The zero-order chi connectivity index (χ0) is 19.2. The highest BCUT2D eigenvalue weighted by Gasteiger charge is 2.58. The first-order chi connectivity index (χ1) is 12.8. The van der Waals surface area contributed by atoms with Gasteiger partial charge in [0.15, 0.2) is 5.82 Å². The number of H-pyrrole nitrogens is 1. The number of aromatic nitrogens is 4. The van der Waals surface area contributed by atoms with Crippen LogP contribution in [0.25, 0.3) is 5.69 Å². The van der Waals surface area contributed by atoms with Crippen LogP contribution in [0.15, 0.2) is 42.7 Å². The van der Waals surface area contributed by atoms with Gasteiger partial charge in [0.2, 0.25) is 5.91 Å². The van der Waals surface area contributed by atoms with Crippen LogP contribution in [-0.4, -0.2) is 31.8 Å². The van der Waals surface area contributed by atoms with Gasteiger partial charge in [0.25, 0.3) is 5.92 Å². The molecule has 0 unspecified atom stereocenters. The molecule has 140 valence electrons. The third kappa shape index (κ3) is 3.57. The van der Waals surface area contributed by atoms with Gasteiger partial charge in [-0.15, -0.1) is 0 Å². The van der Waals surface area contributed by atoms with Crippen molar-refractivity contribution in [2.24, 2.45) is 0 Å². The van der Waals surface area contributed by atoms with Gasteiger partial charge in [-0.3, -0.25) is 9.89 Å². The van der Waals surface area contributed by atoms with E-state index in [0.717, 1.165) is 5.69 Å². The van der Waals surface area contributed by atoms with Gasteiger partial charge in [0, 0.05) is 35.0 Å². The number of halogens is 3. The number of hydrogen-bond donors (Lipinski definition) is 2. The molecule has 2 heterocycles. The molecule has 3 aromatic rings. The maximum Gasteiger partial charge on any atom is 0.257 e. The Labute approximate surface area is 158 Å². The normalized spacial score (nSPS) is 18.9. The molecular formula is C18H16ClF2N5O. The number of anilines is 1. The third-order valence-electron chi connectivity index (χ3n) is 4.62. The first-order valence-corrected chi connectivity index (χ1v) is 8.76. The number of hydrogen-bond acceptors (Lipinski definition) is 3. The van der Waals surface area contributed by atoms with Crippen molar-refractivity contribution in [1.82, 2.24) is 20.0 Å². The minimum absolute atomic E-state index is 0.193. The molecular weight excluding hydrogens is 376 g/mol. The van der Waals surface area contributed by atoms with E-state index in [9.17, 15) is 13.6 Å². The Balaban J connectivity index is 1.44. The fourth-order valence-corrected chi connectivity index (χ4v) is 3.02. The van der Waals surface area contributed by atoms with Gasteiger partial charge in [-0.05, 0) is 25.1 Å². The second-order valence-corrected chi connectivity index (χ2v) is 7.07. The molecule has 1 saturated carbocycles. The molecule has 1 amide bonds. The van der Waals surface area contributed by atoms with Crippen LogP contribution >= 0.6 is 11.6 Å². The van der Waals surface area contributed by atoms with E-state index in [0.29, 0.717) is 16.3 Å². The van der Waals surface area contributed by atoms with Crippen LogP contribution in [0.2, 0.25) is 5.02 Å². The molecule has 0 radical (unpaired) electrons. The molecule has 1 aromatic carbocycles. The van der Waals surface area contributed by atoms with E-state index in [2.05, 4.69) is 20.6 Å². The van der Waals surface area contributed by atoms with Gasteiger partial charge in [-0.2, -0.15) is 10.2 Å². The summed E-state index contributed by atoms with van der Waals surface area (Å²) in [6.07, 6.45) is 3.16. The Hall–Kier alpha value is -2.74. The molecule has 1 aliphatic carbocycles. The smallest absolute Gasteiger partial charge is 0.257 e. The van der Waals surface area contributed by atoms with Gasteiger partial charge < -0.3 is 5.32 Å². The van der Waals surface area contributed by atoms with Crippen molar-refractivity contribution >= 4 is 23.3 Å². The SMILES string of the molecule is C[C@H](C(=O)Nc1cc([C@@H]2CC2(F)F)[nH]n1)c1cnn(-c2cccc(Cl)c2)c1. The zero-order valence-corrected chi connectivity index (χ0v) is 15.0. The van der Waals surface area contributed by atoms with E-state index < -0.39 is 17.8 Å². The summed E-state index contributed by atoms with van der Waals surface area (Å²) < 4.78 is 27.9. The van der Waals surface area contributed by atoms with Crippen molar-refractivity contribution in [3.05, 3.63) is 59.0 Å². The van der Waals surface area contributed by atoms with Crippen molar-refractivity contribution in [3.63, 3.8) is 0 Å². The summed E-state index contributed by atoms with van der Waals surface area (Å²) in [6, 6.07) is 8.65. The van der Waals surface area contributed by atoms with E-state index in [1.807, 2.05) is 12.1 Å². The topological polar surface area (TPSA) is 75.6 Å². The summed E-state index contributed by atoms with van der Waals surface area (Å²) in [5.41, 5.74) is 1.82. The van der Waals surface area contributed by atoms with Gasteiger partial charge in [0.05, 0.1) is 23.7 Å². The first-order valence-electron chi connectivity index (χ1n) is 8.38. The van der Waals surface area contributed by atoms with Crippen molar-refractivity contribution in [2.45, 2.75) is 31.1 Å². The highest BCUT2D eigenvalue weighted by Crippen LogP contribution is 2.55. The second-order valence-electron chi connectivity index (χ2n) is 6.64. The maximum absolute atomic E-state index is 13.1. The van der Waals surface area contributed by atoms with E-state index in [1.165, 1.54) is 6.07 Å². The summed E-state index contributed by atoms with van der Waals surface area (Å²) >= 11 is 5.99. The minimum atomic E-state index is -2.68. The van der Waals surface area contributed by atoms with Crippen molar-refractivity contribution in [3.8, 4) is 5.69 Å². The Morgan fingerprint density at radius 2 is 2.22 bits per heavy atom. The van der Waals surface area contributed by atoms with Crippen LogP contribution in [0.3, 0.4) is 0 Å². The number of carbonyl (C=O) groups is 1. The van der Waals surface area contributed by atoms with Gasteiger partial charge >= 0.3 is 0 Å². The lowest BCUT2D eigenvalue weighted by atomic mass is 10.0. The average Bonchev–Trinajstić information content (AvgIpc) is 3.03. The lowest BCUT2D eigenvalue weighted by Gasteiger charge is -2.08. The second kappa shape index (κ2) is 6.45. The Morgan fingerprint density at radius 3 is 2.93 bits per heavy atom. The van der Waals surface area contributed by atoms with Gasteiger partial charge in [0.1, 0.15) is 0 Å². The Kier molecular flexibility index (Phi) is 4.22. The molecule has 0 saturated heterocycles. The van der Waals surface area contributed by atoms with Crippen molar-refractivity contribution < 1.29 is 13.6 Å². The molecule has 9 heteroatoms. The van der Waals surface area contributed by atoms with Crippen LogP contribution < -0.4 is 5.32 Å². The lowest BCUT2D eigenvalue weighted by Crippen LogP contribution is -2.18. The monoisotopic (exact) mass is 391 g/mol. The number of aromatic amines is 1. The number of benzene rings is 1. The molecule has 0 spiro atoms. The average molecular weight is 392 g/mol. The number of nitrogens with one attached hydrogen (secondary N) is 2. The van der Waals surface area contributed by atoms with Crippen molar-refractivity contribution in [1.29, 1.82) is 0 Å². The molecule has 2 atom stereocenters. The van der Waals surface area contributed by atoms with Crippen LogP contribution in [0.1, 0.15) is 36.4 Å². The molecule has 2 aromatic heterocycles. The Bertz CT molecular complexity index is 999. The summed E-state index contributed by atoms with van der Waals surface area (Å²) in [6.45, 7) is 1.73. The first kappa shape index (κ1) is 17.7. The Morgan fingerprint density at radius 1 is 1.44 bits per heavy atom. The highest BCUT2D eigenvalue weighted by molar-refractivity contribution is 6.30. The predicted molar refractivity (Wildman–Crippen MR) is 96.5 cm³/mol. The standard InChI is InChI=1S/C18H16ClF2N5O/c1-10(11-8-22-26(9-11)13-4-2-3-12(19)5-13)17(27)23-16-6-15(24-25-16)14-7-18(14,20)21/h2-6,8-10,14H,7H2,1H3,(H2,23,24,25,27)/t10-,14-/m0/s1.